The van der Waals surface area contributed by atoms with Crippen LogP contribution < -0.4 is 5.73 Å². The summed E-state index contributed by atoms with van der Waals surface area (Å²) in [5, 5.41) is 18.1. The summed E-state index contributed by atoms with van der Waals surface area (Å²) in [4.78, 5) is 0. The Morgan fingerprint density at radius 1 is 1.64 bits per heavy atom. The van der Waals surface area contributed by atoms with Crippen LogP contribution >= 0.6 is 0 Å². The van der Waals surface area contributed by atoms with Crippen LogP contribution in [0.3, 0.4) is 0 Å². The topological polar surface area (TPSA) is 66.5 Å². The molecular weight excluding hydrogens is 142 g/mol. The fourth-order valence-electron chi connectivity index (χ4n) is 1.34. The van der Waals surface area contributed by atoms with E-state index in [9.17, 15) is 5.11 Å². The van der Waals surface area contributed by atoms with Crippen molar-refractivity contribution in [3.63, 3.8) is 0 Å². The smallest absolute Gasteiger partial charge is 0.0923 e. The molecule has 0 heterocycles. The molecule has 64 valence electrons. The first kappa shape index (κ1) is 8.71. The van der Waals surface area contributed by atoms with Crippen LogP contribution in [0.15, 0.2) is 11.6 Å². The minimum absolute atomic E-state index is 0.154. The number of hydrogen-bond acceptors (Lipinski definition) is 3. The highest BCUT2D eigenvalue weighted by Crippen LogP contribution is 2.21. The molecule has 1 aliphatic carbocycles. The molecule has 0 saturated carbocycles. The van der Waals surface area contributed by atoms with Crippen LogP contribution in [0.1, 0.15) is 19.3 Å². The molecule has 1 aliphatic rings. The Kier molecular flexibility index (Phi) is 3.05. The van der Waals surface area contributed by atoms with E-state index in [2.05, 4.69) is 0 Å². The average Bonchev–Trinajstić information content (AvgIpc) is 2.53. The molecule has 0 aromatic carbocycles. The highest BCUT2D eigenvalue weighted by molar-refractivity contribution is 5.14. The van der Waals surface area contributed by atoms with Gasteiger partial charge in [0.15, 0.2) is 0 Å². The predicted molar refractivity (Wildman–Crippen MR) is 43.0 cm³/mol. The lowest BCUT2D eigenvalue weighted by Gasteiger charge is -2.17. The second kappa shape index (κ2) is 3.85. The van der Waals surface area contributed by atoms with Crippen LogP contribution in [-0.2, 0) is 0 Å². The molecule has 0 aliphatic heterocycles. The van der Waals surface area contributed by atoms with Crippen LogP contribution in [0.4, 0.5) is 0 Å². The van der Waals surface area contributed by atoms with Crippen molar-refractivity contribution in [2.45, 2.75) is 31.4 Å². The predicted octanol–water partition coefficient (Wildman–Crippen LogP) is -0.223. The van der Waals surface area contributed by atoms with E-state index in [1.165, 1.54) is 0 Å². The molecule has 2 atom stereocenters. The molecule has 3 nitrogen and oxygen atoms in total. The maximum Gasteiger partial charge on any atom is 0.0923 e. The first-order valence-electron chi connectivity index (χ1n) is 3.99. The van der Waals surface area contributed by atoms with Gasteiger partial charge in [-0.1, -0.05) is 6.08 Å². The maximum absolute atomic E-state index is 9.46. The maximum atomic E-state index is 9.46. The zero-order valence-electron chi connectivity index (χ0n) is 6.53. The third kappa shape index (κ3) is 2.02. The van der Waals surface area contributed by atoms with Crippen molar-refractivity contribution in [1.29, 1.82) is 0 Å². The monoisotopic (exact) mass is 157 g/mol. The van der Waals surface area contributed by atoms with Gasteiger partial charge < -0.3 is 15.9 Å². The average molecular weight is 157 g/mol. The zero-order chi connectivity index (χ0) is 8.27. The molecule has 3 heteroatoms. The highest BCUT2D eigenvalue weighted by Gasteiger charge is 2.19. The van der Waals surface area contributed by atoms with Crippen molar-refractivity contribution in [2.24, 2.45) is 5.73 Å². The van der Waals surface area contributed by atoms with Crippen molar-refractivity contribution >= 4 is 0 Å². The first-order valence-corrected chi connectivity index (χ1v) is 3.99. The van der Waals surface area contributed by atoms with E-state index in [-0.39, 0.29) is 6.61 Å². The molecular formula is C8H15NO2. The summed E-state index contributed by atoms with van der Waals surface area (Å²) in [5.41, 5.74) is 6.45. The molecule has 1 rings (SSSR count). The summed E-state index contributed by atoms with van der Waals surface area (Å²) < 4.78 is 0. The Hall–Kier alpha value is -0.380. The number of rotatable bonds is 3. The molecule has 0 bridgehead atoms. The van der Waals surface area contributed by atoms with Crippen molar-refractivity contribution in [2.75, 3.05) is 6.61 Å². The summed E-state index contributed by atoms with van der Waals surface area (Å²) in [6, 6.07) is -0.514. The lowest BCUT2D eigenvalue weighted by Crippen LogP contribution is -2.38. The summed E-state index contributed by atoms with van der Waals surface area (Å²) in [6.45, 7) is -0.154. The molecule has 0 amide bonds. The van der Waals surface area contributed by atoms with Crippen molar-refractivity contribution < 1.29 is 10.2 Å². The van der Waals surface area contributed by atoms with Gasteiger partial charge in [0.25, 0.3) is 0 Å². The van der Waals surface area contributed by atoms with Gasteiger partial charge in [0, 0.05) is 0 Å². The number of nitrogens with two attached hydrogens (primary N) is 1. The summed E-state index contributed by atoms with van der Waals surface area (Å²) >= 11 is 0. The number of allylic oxidation sites excluding steroid dienone is 1. The van der Waals surface area contributed by atoms with Crippen LogP contribution in [0, 0.1) is 0 Å². The van der Waals surface area contributed by atoms with Gasteiger partial charge in [0.1, 0.15) is 0 Å². The third-order valence-corrected chi connectivity index (χ3v) is 2.07. The molecule has 0 saturated heterocycles. The highest BCUT2D eigenvalue weighted by atomic mass is 16.3. The third-order valence-electron chi connectivity index (χ3n) is 2.07. The fraction of sp³-hybridized carbons (Fsp3) is 0.750. The van der Waals surface area contributed by atoms with E-state index in [4.69, 9.17) is 10.8 Å². The number of aliphatic hydroxyl groups excluding tert-OH is 2. The summed E-state index contributed by atoms with van der Waals surface area (Å²) in [6.07, 6.45) is 4.44. The Morgan fingerprint density at radius 2 is 2.36 bits per heavy atom. The molecule has 0 radical (unpaired) electrons. The first-order chi connectivity index (χ1) is 5.25. The SMILES string of the molecule is NC(CO)C(O)C1=CCCC1. The van der Waals surface area contributed by atoms with Gasteiger partial charge in [-0.25, -0.2) is 0 Å². The zero-order valence-corrected chi connectivity index (χ0v) is 6.53. The van der Waals surface area contributed by atoms with E-state index < -0.39 is 12.1 Å². The van der Waals surface area contributed by atoms with E-state index in [0.717, 1.165) is 24.8 Å². The van der Waals surface area contributed by atoms with Gasteiger partial charge in [0.2, 0.25) is 0 Å². The van der Waals surface area contributed by atoms with Crippen LogP contribution in [0.5, 0.6) is 0 Å². The molecule has 4 N–H and O–H groups in total. The molecule has 2 unspecified atom stereocenters. The van der Waals surface area contributed by atoms with Gasteiger partial charge in [-0.15, -0.1) is 0 Å². The van der Waals surface area contributed by atoms with Gasteiger partial charge in [-0.3, -0.25) is 0 Å². The van der Waals surface area contributed by atoms with E-state index in [0.29, 0.717) is 0 Å². The van der Waals surface area contributed by atoms with Gasteiger partial charge >= 0.3 is 0 Å². The number of aliphatic hydroxyl groups is 2. The minimum atomic E-state index is -0.637. The largest absolute Gasteiger partial charge is 0.395 e. The lowest BCUT2D eigenvalue weighted by molar-refractivity contribution is 0.134. The fourth-order valence-corrected chi connectivity index (χ4v) is 1.34. The Balaban J connectivity index is 2.45. The molecule has 0 aromatic rings. The van der Waals surface area contributed by atoms with Crippen LogP contribution in [0.25, 0.3) is 0 Å². The second-order valence-electron chi connectivity index (χ2n) is 2.96. The van der Waals surface area contributed by atoms with Crippen LogP contribution in [0.2, 0.25) is 0 Å². The Labute approximate surface area is 66.5 Å². The molecule has 0 fully saturated rings. The number of hydrogen-bond donors (Lipinski definition) is 3. The molecule has 0 aromatic heterocycles. The van der Waals surface area contributed by atoms with Crippen molar-refractivity contribution in [1.82, 2.24) is 0 Å². The normalized spacial score (nSPS) is 23.0. The minimum Gasteiger partial charge on any atom is -0.395 e. The quantitative estimate of drug-likeness (QED) is 0.496. The van der Waals surface area contributed by atoms with Crippen LogP contribution in [-0.4, -0.2) is 29.0 Å². The van der Waals surface area contributed by atoms with Crippen molar-refractivity contribution in [3.8, 4) is 0 Å². The second-order valence-corrected chi connectivity index (χ2v) is 2.96. The molecule has 0 spiro atoms. The Bertz CT molecular complexity index is 156. The standard InChI is InChI=1S/C8H15NO2/c9-7(5-10)8(11)6-3-1-2-4-6/h3,7-8,10-11H,1-2,4-5,9H2. The summed E-state index contributed by atoms with van der Waals surface area (Å²) in [7, 11) is 0. The molecule has 11 heavy (non-hydrogen) atoms. The van der Waals surface area contributed by atoms with Gasteiger partial charge in [-0.05, 0) is 24.8 Å². The summed E-state index contributed by atoms with van der Waals surface area (Å²) in [5.74, 6) is 0. The Morgan fingerprint density at radius 3 is 2.82 bits per heavy atom. The van der Waals surface area contributed by atoms with Crippen molar-refractivity contribution in [3.05, 3.63) is 11.6 Å². The lowest BCUT2D eigenvalue weighted by atomic mass is 10.0. The van der Waals surface area contributed by atoms with E-state index in [1.807, 2.05) is 6.08 Å². The van der Waals surface area contributed by atoms with Gasteiger partial charge in [-0.2, -0.15) is 0 Å². The van der Waals surface area contributed by atoms with E-state index >= 15 is 0 Å². The van der Waals surface area contributed by atoms with E-state index in [1.54, 1.807) is 0 Å². The van der Waals surface area contributed by atoms with Gasteiger partial charge in [0.05, 0.1) is 18.8 Å².